The van der Waals surface area contributed by atoms with Crippen molar-refractivity contribution in [2.45, 2.75) is 44.9 Å². The molecule has 4 rings (SSSR count). The first-order valence-corrected chi connectivity index (χ1v) is 10.0. The first kappa shape index (κ1) is 18.0. The first-order chi connectivity index (χ1) is 13.2. The van der Waals surface area contributed by atoms with Crippen molar-refractivity contribution >= 4 is 17.6 Å². The third-order valence-electron chi connectivity index (χ3n) is 5.57. The highest BCUT2D eigenvalue weighted by atomic mass is 16.5. The van der Waals surface area contributed by atoms with E-state index in [2.05, 4.69) is 11.1 Å². The van der Waals surface area contributed by atoms with E-state index < -0.39 is 0 Å². The van der Waals surface area contributed by atoms with Crippen molar-refractivity contribution in [1.82, 2.24) is 9.88 Å². The van der Waals surface area contributed by atoms with Crippen LogP contribution in [0.25, 0.3) is 0 Å². The van der Waals surface area contributed by atoms with Gasteiger partial charge in [0.25, 0.3) is 5.91 Å². The molecule has 0 radical (unpaired) electrons. The number of anilines is 1. The monoisotopic (exact) mass is 369 g/mol. The van der Waals surface area contributed by atoms with Crippen LogP contribution >= 0.6 is 0 Å². The standard InChI is InChI=1S/C21H27N3O3/c25-19(14-24-20(26)15-27-18-7-4-11-22-21(18)24)23(13-17-8-9-17)12-10-16-5-2-1-3-6-16/h4-5,7,11,17H,1-3,6,8-10,12-15H2. The smallest absolute Gasteiger partial charge is 0.266 e. The third-order valence-corrected chi connectivity index (χ3v) is 5.57. The van der Waals surface area contributed by atoms with Crippen molar-refractivity contribution in [2.24, 2.45) is 5.92 Å². The maximum atomic E-state index is 13.0. The van der Waals surface area contributed by atoms with E-state index in [4.69, 9.17) is 4.74 Å². The zero-order valence-corrected chi connectivity index (χ0v) is 15.7. The second-order valence-electron chi connectivity index (χ2n) is 7.73. The molecule has 1 aromatic rings. The predicted octanol–water partition coefficient (Wildman–Crippen LogP) is 2.94. The summed E-state index contributed by atoms with van der Waals surface area (Å²) in [6.07, 6.45) is 12.2. The second kappa shape index (κ2) is 8.11. The van der Waals surface area contributed by atoms with Crippen LogP contribution < -0.4 is 9.64 Å². The van der Waals surface area contributed by atoms with Gasteiger partial charge in [0.05, 0.1) is 0 Å². The van der Waals surface area contributed by atoms with Gasteiger partial charge in [-0.1, -0.05) is 11.6 Å². The molecule has 0 spiro atoms. The average Bonchev–Trinajstić information content (AvgIpc) is 3.52. The Balaban J connectivity index is 1.43. The van der Waals surface area contributed by atoms with Crippen LogP contribution in [0.15, 0.2) is 30.0 Å². The van der Waals surface area contributed by atoms with Crippen LogP contribution in [-0.4, -0.2) is 47.9 Å². The van der Waals surface area contributed by atoms with Gasteiger partial charge >= 0.3 is 0 Å². The Labute approximate surface area is 160 Å². The molecule has 0 aromatic carbocycles. The van der Waals surface area contributed by atoms with E-state index in [0.717, 1.165) is 32.4 Å². The molecule has 2 heterocycles. The normalized spacial score (nSPS) is 19.2. The number of ether oxygens (including phenoxy) is 1. The lowest BCUT2D eigenvalue weighted by molar-refractivity contribution is -0.132. The van der Waals surface area contributed by atoms with E-state index in [1.165, 1.54) is 36.2 Å². The Bertz CT molecular complexity index is 742. The van der Waals surface area contributed by atoms with E-state index in [9.17, 15) is 9.59 Å². The van der Waals surface area contributed by atoms with Crippen LogP contribution in [0.4, 0.5) is 5.82 Å². The largest absolute Gasteiger partial charge is 0.480 e. The van der Waals surface area contributed by atoms with Crippen LogP contribution in [0.2, 0.25) is 0 Å². The van der Waals surface area contributed by atoms with Gasteiger partial charge in [0, 0.05) is 19.3 Å². The van der Waals surface area contributed by atoms with Crippen LogP contribution in [0.3, 0.4) is 0 Å². The lowest BCUT2D eigenvalue weighted by Gasteiger charge is -2.30. The molecule has 1 aromatic heterocycles. The predicted molar refractivity (Wildman–Crippen MR) is 103 cm³/mol. The van der Waals surface area contributed by atoms with E-state index >= 15 is 0 Å². The number of aromatic nitrogens is 1. The minimum Gasteiger partial charge on any atom is -0.480 e. The highest BCUT2D eigenvalue weighted by Gasteiger charge is 2.32. The molecule has 27 heavy (non-hydrogen) atoms. The molecule has 0 atom stereocenters. The van der Waals surface area contributed by atoms with Crippen molar-refractivity contribution in [3.63, 3.8) is 0 Å². The summed E-state index contributed by atoms with van der Waals surface area (Å²) in [6.45, 7) is 1.55. The molecule has 0 N–H and O–H groups in total. The van der Waals surface area contributed by atoms with Gasteiger partial charge in [-0.15, -0.1) is 0 Å². The van der Waals surface area contributed by atoms with Gasteiger partial charge in [-0.3, -0.25) is 14.5 Å². The molecule has 3 aliphatic rings. The molecule has 1 fully saturated rings. The zero-order chi connectivity index (χ0) is 18.6. The Morgan fingerprint density at radius 2 is 2.22 bits per heavy atom. The van der Waals surface area contributed by atoms with Gasteiger partial charge in [0.2, 0.25) is 5.91 Å². The van der Waals surface area contributed by atoms with Gasteiger partial charge in [-0.25, -0.2) is 4.98 Å². The molecule has 1 saturated carbocycles. The number of hydrogen-bond acceptors (Lipinski definition) is 4. The number of carbonyl (C=O) groups is 2. The Morgan fingerprint density at radius 1 is 1.33 bits per heavy atom. The number of fused-ring (bicyclic) bond motifs is 1. The fourth-order valence-electron chi connectivity index (χ4n) is 3.77. The molecule has 0 unspecified atom stereocenters. The maximum absolute atomic E-state index is 13.0. The molecule has 1 aliphatic heterocycles. The third kappa shape index (κ3) is 4.49. The van der Waals surface area contributed by atoms with E-state index in [1.807, 2.05) is 4.90 Å². The summed E-state index contributed by atoms with van der Waals surface area (Å²) >= 11 is 0. The number of allylic oxidation sites excluding steroid dienone is 1. The summed E-state index contributed by atoms with van der Waals surface area (Å²) < 4.78 is 5.42. The lowest BCUT2D eigenvalue weighted by atomic mass is 9.97. The molecular weight excluding hydrogens is 342 g/mol. The van der Waals surface area contributed by atoms with Crippen molar-refractivity contribution in [3.05, 3.63) is 30.0 Å². The Hall–Kier alpha value is -2.37. The summed E-state index contributed by atoms with van der Waals surface area (Å²) in [4.78, 5) is 33.1. The summed E-state index contributed by atoms with van der Waals surface area (Å²) in [5, 5.41) is 0. The fourth-order valence-corrected chi connectivity index (χ4v) is 3.77. The van der Waals surface area contributed by atoms with Gasteiger partial charge in [0.15, 0.2) is 18.2 Å². The Kier molecular flexibility index (Phi) is 5.41. The lowest BCUT2D eigenvalue weighted by Crippen LogP contribution is -2.47. The average molecular weight is 369 g/mol. The van der Waals surface area contributed by atoms with Crippen molar-refractivity contribution in [1.29, 1.82) is 0 Å². The molecule has 6 heteroatoms. The second-order valence-corrected chi connectivity index (χ2v) is 7.73. The van der Waals surface area contributed by atoms with Crippen LogP contribution in [0.5, 0.6) is 5.75 Å². The van der Waals surface area contributed by atoms with E-state index in [1.54, 1.807) is 18.3 Å². The molecule has 2 amide bonds. The van der Waals surface area contributed by atoms with E-state index in [0.29, 0.717) is 17.5 Å². The van der Waals surface area contributed by atoms with Gasteiger partial charge in [-0.2, -0.15) is 0 Å². The van der Waals surface area contributed by atoms with Crippen molar-refractivity contribution in [3.8, 4) is 5.75 Å². The highest BCUT2D eigenvalue weighted by molar-refractivity contribution is 6.01. The van der Waals surface area contributed by atoms with Crippen LogP contribution in [0, 0.1) is 5.92 Å². The molecular formula is C21H27N3O3. The quantitative estimate of drug-likeness (QED) is 0.693. The minimum atomic E-state index is -0.212. The molecule has 2 aliphatic carbocycles. The van der Waals surface area contributed by atoms with Crippen LogP contribution in [-0.2, 0) is 9.59 Å². The number of carbonyl (C=O) groups excluding carboxylic acids is 2. The Morgan fingerprint density at radius 3 is 3.00 bits per heavy atom. The zero-order valence-electron chi connectivity index (χ0n) is 15.7. The molecule has 0 saturated heterocycles. The van der Waals surface area contributed by atoms with Crippen molar-refractivity contribution < 1.29 is 14.3 Å². The number of hydrogen-bond donors (Lipinski definition) is 0. The molecule has 0 bridgehead atoms. The van der Waals surface area contributed by atoms with Crippen molar-refractivity contribution in [2.75, 3.05) is 31.1 Å². The highest BCUT2D eigenvalue weighted by Crippen LogP contribution is 2.31. The summed E-state index contributed by atoms with van der Waals surface area (Å²) in [6, 6.07) is 3.55. The summed E-state index contributed by atoms with van der Waals surface area (Å²) in [5.41, 5.74) is 1.48. The molecule has 144 valence electrons. The first-order valence-electron chi connectivity index (χ1n) is 10.0. The number of rotatable bonds is 7. The number of amides is 2. The minimum absolute atomic E-state index is 0.00478. The van der Waals surface area contributed by atoms with Crippen LogP contribution in [0.1, 0.15) is 44.9 Å². The SMILES string of the molecule is O=C(CN1C(=O)COc2cccnc21)N(CCC1=CCCCC1)CC1CC1. The van der Waals surface area contributed by atoms with Gasteiger partial charge in [0.1, 0.15) is 6.54 Å². The topological polar surface area (TPSA) is 62.7 Å². The number of nitrogens with zero attached hydrogens (tertiary/aromatic N) is 3. The van der Waals surface area contributed by atoms with E-state index in [-0.39, 0.29) is 25.0 Å². The van der Waals surface area contributed by atoms with Gasteiger partial charge < -0.3 is 9.64 Å². The summed E-state index contributed by atoms with van der Waals surface area (Å²) in [7, 11) is 0. The summed E-state index contributed by atoms with van der Waals surface area (Å²) in [5.74, 6) is 1.43. The fraction of sp³-hybridized carbons (Fsp3) is 0.571. The molecule has 6 nitrogen and oxygen atoms in total. The van der Waals surface area contributed by atoms with Gasteiger partial charge in [-0.05, 0) is 63.0 Å². The maximum Gasteiger partial charge on any atom is 0.266 e. The number of pyridine rings is 1.